The molecule has 3 aromatic carbocycles. The first kappa shape index (κ1) is 30.4. The number of nitrogens with zero attached hydrogens (tertiary/aromatic N) is 2. The molecule has 2 aliphatic rings. The van der Waals surface area contributed by atoms with Gasteiger partial charge in [0.15, 0.2) is 0 Å². The predicted molar refractivity (Wildman–Crippen MR) is 167 cm³/mol. The third kappa shape index (κ3) is 7.69. The summed E-state index contributed by atoms with van der Waals surface area (Å²) >= 11 is 0. The van der Waals surface area contributed by atoms with Gasteiger partial charge in [0.25, 0.3) is 0 Å². The Kier molecular flexibility index (Phi) is 9.89. The van der Waals surface area contributed by atoms with Crippen LogP contribution in [-0.4, -0.2) is 59.7 Å². The average molecular weight is 582 g/mol. The number of carbonyl (C=O) groups excluding carboxylic acids is 3. The Labute approximate surface area is 254 Å². The van der Waals surface area contributed by atoms with E-state index < -0.39 is 23.8 Å². The van der Waals surface area contributed by atoms with Crippen LogP contribution < -0.4 is 16.8 Å². The number of nitrogens with one attached hydrogen (secondary N) is 1. The summed E-state index contributed by atoms with van der Waals surface area (Å²) in [4.78, 5) is 42.9. The van der Waals surface area contributed by atoms with E-state index in [1.807, 2.05) is 59.5 Å². The molecule has 0 spiro atoms. The number of rotatable bonds is 11. The van der Waals surface area contributed by atoms with Gasteiger partial charge in [-0.3, -0.25) is 19.3 Å². The summed E-state index contributed by atoms with van der Waals surface area (Å²) in [6.45, 7) is 5.80. The second-order valence-corrected chi connectivity index (χ2v) is 12.1. The topological polar surface area (TPSA) is 122 Å². The first-order chi connectivity index (χ1) is 20.8. The zero-order valence-electron chi connectivity index (χ0n) is 25.0. The molecule has 43 heavy (non-hydrogen) atoms. The van der Waals surface area contributed by atoms with Crippen molar-refractivity contribution in [3.63, 3.8) is 0 Å². The number of primary amides is 1. The van der Waals surface area contributed by atoms with Crippen molar-refractivity contribution >= 4 is 17.7 Å². The van der Waals surface area contributed by atoms with E-state index in [0.717, 1.165) is 43.6 Å². The van der Waals surface area contributed by atoms with Crippen LogP contribution >= 0.6 is 0 Å². The lowest BCUT2D eigenvalue weighted by Gasteiger charge is -2.37. The van der Waals surface area contributed by atoms with Crippen LogP contribution in [0.2, 0.25) is 0 Å². The zero-order chi connectivity index (χ0) is 30.3. The molecule has 5 N–H and O–H groups in total. The van der Waals surface area contributed by atoms with Gasteiger partial charge in [-0.25, -0.2) is 0 Å². The first-order valence-electron chi connectivity index (χ1n) is 15.3. The Hall–Kier alpha value is -4.01. The quantitative estimate of drug-likeness (QED) is 0.322. The fraction of sp³-hybridized carbons (Fsp3) is 0.400. The van der Waals surface area contributed by atoms with Crippen molar-refractivity contribution in [2.24, 2.45) is 29.2 Å². The van der Waals surface area contributed by atoms with Gasteiger partial charge < -0.3 is 21.7 Å². The molecule has 1 aliphatic heterocycles. The zero-order valence-corrected chi connectivity index (χ0v) is 25.0. The van der Waals surface area contributed by atoms with Gasteiger partial charge in [0.05, 0.1) is 12.0 Å². The highest BCUT2D eigenvalue weighted by Crippen LogP contribution is 2.28. The van der Waals surface area contributed by atoms with Crippen LogP contribution in [0.15, 0.2) is 78.9 Å². The molecule has 5 rings (SSSR count). The molecule has 3 amide bonds. The van der Waals surface area contributed by atoms with Gasteiger partial charge in [0.2, 0.25) is 17.7 Å². The van der Waals surface area contributed by atoms with E-state index in [1.54, 1.807) is 6.92 Å². The van der Waals surface area contributed by atoms with Crippen LogP contribution in [0.3, 0.4) is 0 Å². The van der Waals surface area contributed by atoms with Crippen molar-refractivity contribution in [2.75, 3.05) is 26.2 Å². The van der Waals surface area contributed by atoms with E-state index >= 15 is 0 Å². The van der Waals surface area contributed by atoms with Crippen LogP contribution in [0.4, 0.5) is 0 Å². The van der Waals surface area contributed by atoms with E-state index in [4.69, 9.17) is 11.5 Å². The van der Waals surface area contributed by atoms with Crippen LogP contribution in [0, 0.1) is 17.8 Å². The van der Waals surface area contributed by atoms with Gasteiger partial charge in [-0.2, -0.15) is 0 Å². The standard InChI is InChI=1S/C35H43N5O3/c1-24(33(37)41)31(35(43)40-17-15-39(16-18-40)23-27-7-3-2-4-8-27)19-25-11-13-26(14-12-25)22-38-34(42)32(36)30-20-28-9-5-6-10-29(28)21-30/h2-14,24,30-32H,15-23,36H2,1H3,(H2,37,41)(H,38,42)/t24?,31-,32+/m1/s1. The molecule has 1 heterocycles. The van der Waals surface area contributed by atoms with Gasteiger partial charge >= 0.3 is 0 Å². The fourth-order valence-electron chi connectivity index (χ4n) is 6.29. The van der Waals surface area contributed by atoms with Crippen molar-refractivity contribution in [3.8, 4) is 0 Å². The van der Waals surface area contributed by atoms with Gasteiger partial charge in [-0.05, 0) is 53.0 Å². The lowest BCUT2D eigenvalue weighted by atomic mass is 9.86. The third-order valence-corrected chi connectivity index (χ3v) is 9.14. The number of carbonyl (C=O) groups is 3. The van der Waals surface area contributed by atoms with Gasteiger partial charge in [0, 0.05) is 45.2 Å². The highest BCUT2D eigenvalue weighted by molar-refractivity contribution is 5.87. The second kappa shape index (κ2) is 14.0. The minimum Gasteiger partial charge on any atom is -0.369 e. The Morgan fingerprint density at radius 3 is 2.00 bits per heavy atom. The Morgan fingerprint density at radius 2 is 1.40 bits per heavy atom. The number of hydrogen-bond acceptors (Lipinski definition) is 5. The summed E-state index contributed by atoms with van der Waals surface area (Å²) < 4.78 is 0. The number of amides is 3. The molecule has 0 saturated carbocycles. The van der Waals surface area contributed by atoms with Gasteiger partial charge in [0.1, 0.15) is 0 Å². The maximum Gasteiger partial charge on any atom is 0.237 e. The van der Waals surface area contributed by atoms with Crippen molar-refractivity contribution in [2.45, 2.75) is 45.3 Å². The molecule has 1 fully saturated rings. The normalized spacial score (nSPS) is 17.6. The summed E-state index contributed by atoms with van der Waals surface area (Å²) in [7, 11) is 0. The van der Waals surface area contributed by atoms with Crippen molar-refractivity contribution < 1.29 is 14.4 Å². The van der Waals surface area contributed by atoms with E-state index in [1.165, 1.54) is 16.7 Å². The summed E-state index contributed by atoms with van der Waals surface area (Å²) in [5.41, 5.74) is 17.7. The number of fused-ring (bicyclic) bond motifs is 1. The molecule has 3 aromatic rings. The number of nitrogens with two attached hydrogens (primary N) is 2. The van der Waals surface area contributed by atoms with Crippen molar-refractivity contribution in [3.05, 3.63) is 107 Å². The smallest absolute Gasteiger partial charge is 0.237 e. The molecule has 8 nitrogen and oxygen atoms in total. The largest absolute Gasteiger partial charge is 0.369 e. The van der Waals surface area contributed by atoms with E-state index in [0.29, 0.717) is 26.1 Å². The molecule has 0 radical (unpaired) electrons. The van der Waals surface area contributed by atoms with E-state index in [-0.39, 0.29) is 17.7 Å². The third-order valence-electron chi connectivity index (χ3n) is 9.14. The van der Waals surface area contributed by atoms with Crippen LogP contribution in [0.1, 0.15) is 34.7 Å². The molecule has 1 unspecified atom stereocenters. The Bertz CT molecular complexity index is 1380. The number of benzene rings is 3. The SMILES string of the molecule is CC(C(N)=O)[C@@H](Cc1ccc(CNC(=O)[C@@H](N)C2Cc3ccccc3C2)cc1)C(=O)N1CCN(Cc2ccccc2)CC1. The minimum absolute atomic E-state index is 0.0231. The van der Waals surface area contributed by atoms with Crippen molar-refractivity contribution in [1.82, 2.24) is 15.1 Å². The molecular weight excluding hydrogens is 538 g/mol. The molecule has 0 bridgehead atoms. The number of hydrogen-bond donors (Lipinski definition) is 3. The minimum atomic E-state index is -0.586. The molecule has 1 saturated heterocycles. The highest BCUT2D eigenvalue weighted by atomic mass is 16.2. The Morgan fingerprint density at radius 1 is 0.814 bits per heavy atom. The number of piperazine rings is 1. The van der Waals surface area contributed by atoms with Gasteiger partial charge in [-0.15, -0.1) is 0 Å². The van der Waals surface area contributed by atoms with Crippen LogP contribution in [0.5, 0.6) is 0 Å². The van der Waals surface area contributed by atoms with Crippen LogP contribution in [0.25, 0.3) is 0 Å². The fourth-order valence-corrected chi connectivity index (χ4v) is 6.29. The van der Waals surface area contributed by atoms with Gasteiger partial charge in [-0.1, -0.05) is 85.8 Å². The average Bonchev–Trinajstić information content (AvgIpc) is 3.47. The molecule has 8 heteroatoms. The maximum absolute atomic E-state index is 13.6. The highest BCUT2D eigenvalue weighted by Gasteiger charge is 2.34. The summed E-state index contributed by atoms with van der Waals surface area (Å²) in [6.07, 6.45) is 2.08. The lowest BCUT2D eigenvalue weighted by molar-refractivity contribution is -0.142. The maximum atomic E-state index is 13.6. The molecular formula is C35H43N5O3. The second-order valence-electron chi connectivity index (χ2n) is 12.1. The van der Waals surface area contributed by atoms with E-state index in [9.17, 15) is 14.4 Å². The lowest BCUT2D eigenvalue weighted by Crippen LogP contribution is -2.51. The Balaban J connectivity index is 1.13. The molecule has 0 aromatic heterocycles. The first-order valence-corrected chi connectivity index (χ1v) is 15.3. The molecule has 3 atom stereocenters. The van der Waals surface area contributed by atoms with E-state index in [2.05, 4.69) is 34.5 Å². The summed E-state index contributed by atoms with van der Waals surface area (Å²) in [6, 6.07) is 25.9. The summed E-state index contributed by atoms with van der Waals surface area (Å²) in [5.74, 6) is -1.65. The molecule has 226 valence electrons. The predicted octanol–water partition coefficient (Wildman–Crippen LogP) is 2.67. The summed E-state index contributed by atoms with van der Waals surface area (Å²) in [5, 5.41) is 2.99. The monoisotopic (exact) mass is 581 g/mol. The molecule has 1 aliphatic carbocycles. The van der Waals surface area contributed by atoms with Crippen molar-refractivity contribution in [1.29, 1.82) is 0 Å². The van der Waals surface area contributed by atoms with Crippen LogP contribution in [-0.2, 0) is 46.7 Å².